The van der Waals surface area contributed by atoms with Gasteiger partial charge in [0.25, 0.3) is 5.79 Å². The van der Waals surface area contributed by atoms with E-state index in [0.29, 0.717) is 6.61 Å². The van der Waals surface area contributed by atoms with Crippen LogP contribution in [0.3, 0.4) is 0 Å². The average Bonchev–Trinajstić information content (AvgIpc) is 3.01. The second-order valence-corrected chi connectivity index (χ2v) is 11.4. The SMILES string of the molecule is Cn1nc(C(C)(C)C)cc1-c1ccc(C23OCC(C)(C)C2(C(C)(C)C)OO3)cc1O. The molecule has 2 aliphatic heterocycles. The molecule has 164 valence electrons. The van der Waals surface area contributed by atoms with Crippen molar-refractivity contribution in [3.63, 3.8) is 0 Å². The second kappa shape index (κ2) is 6.09. The molecule has 0 radical (unpaired) electrons. The Bertz CT molecular complexity index is 996. The lowest BCUT2D eigenvalue weighted by atomic mass is 9.57. The van der Waals surface area contributed by atoms with E-state index in [2.05, 4.69) is 60.5 Å². The first-order valence-corrected chi connectivity index (χ1v) is 10.6. The Morgan fingerprint density at radius 3 is 2.17 bits per heavy atom. The summed E-state index contributed by atoms with van der Waals surface area (Å²) in [5, 5.41) is 15.6. The van der Waals surface area contributed by atoms with Crippen LogP contribution in [-0.4, -0.2) is 27.1 Å². The van der Waals surface area contributed by atoms with Crippen LogP contribution in [0.4, 0.5) is 0 Å². The van der Waals surface area contributed by atoms with Gasteiger partial charge in [0, 0.05) is 34.4 Å². The van der Waals surface area contributed by atoms with Crippen LogP contribution >= 0.6 is 0 Å². The van der Waals surface area contributed by atoms with Crippen LogP contribution in [0.5, 0.6) is 5.75 Å². The summed E-state index contributed by atoms with van der Waals surface area (Å²) in [6.45, 7) is 17.6. The normalized spacial score (nSPS) is 28.3. The molecule has 2 aliphatic rings. The van der Waals surface area contributed by atoms with E-state index in [9.17, 15) is 5.11 Å². The van der Waals surface area contributed by atoms with Crippen LogP contribution in [0.2, 0.25) is 0 Å². The summed E-state index contributed by atoms with van der Waals surface area (Å²) in [5.74, 6) is -0.884. The predicted octanol–water partition coefficient (Wildman–Crippen LogP) is 5.05. The van der Waals surface area contributed by atoms with Crippen molar-refractivity contribution in [2.45, 2.75) is 72.2 Å². The van der Waals surface area contributed by atoms with Crippen molar-refractivity contribution in [3.8, 4) is 17.0 Å². The van der Waals surface area contributed by atoms with Gasteiger partial charge in [0.2, 0.25) is 0 Å². The molecule has 6 nitrogen and oxygen atoms in total. The number of nitrogens with zero attached hydrogens (tertiary/aromatic N) is 2. The Kier molecular flexibility index (Phi) is 4.33. The molecule has 0 aliphatic carbocycles. The van der Waals surface area contributed by atoms with Gasteiger partial charge in [-0.25, -0.2) is 4.89 Å². The van der Waals surface area contributed by atoms with Crippen molar-refractivity contribution in [3.05, 3.63) is 35.5 Å². The third kappa shape index (κ3) is 2.57. The Balaban J connectivity index is 1.79. The number of phenolic OH excluding ortho intramolecular Hbond substituents is 1. The van der Waals surface area contributed by atoms with E-state index in [1.54, 1.807) is 6.07 Å². The smallest absolute Gasteiger partial charge is 0.261 e. The molecule has 2 unspecified atom stereocenters. The monoisotopic (exact) mass is 414 g/mol. The number of phenols is 1. The van der Waals surface area contributed by atoms with Crippen molar-refractivity contribution in [1.82, 2.24) is 9.78 Å². The number of benzene rings is 1. The van der Waals surface area contributed by atoms with E-state index >= 15 is 0 Å². The highest BCUT2D eigenvalue weighted by molar-refractivity contribution is 5.68. The highest BCUT2D eigenvalue weighted by atomic mass is 17.3. The second-order valence-electron chi connectivity index (χ2n) is 11.4. The molecule has 3 heterocycles. The maximum atomic E-state index is 11.0. The van der Waals surface area contributed by atoms with Gasteiger partial charge in [0.05, 0.1) is 18.0 Å². The number of ether oxygens (including phenoxy) is 1. The summed E-state index contributed by atoms with van der Waals surface area (Å²) in [6, 6.07) is 7.64. The molecule has 30 heavy (non-hydrogen) atoms. The first kappa shape index (κ1) is 21.3. The first-order chi connectivity index (χ1) is 13.7. The number of aromatic hydroxyl groups is 1. The van der Waals surface area contributed by atoms with Crippen molar-refractivity contribution >= 4 is 0 Å². The van der Waals surface area contributed by atoms with Crippen molar-refractivity contribution in [2.75, 3.05) is 6.61 Å². The molecule has 4 rings (SSSR count). The molecule has 2 saturated heterocycles. The van der Waals surface area contributed by atoms with Crippen LogP contribution in [-0.2, 0) is 32.8 Å². The number of hydrogen-bond donors (Lipinski definition) is 1. The van der Waals surface area contributed by atoms with Gasteiger partial charge in [-0.05, 0) is 18.2 Å². The lowest BCUT2D eigenvalue weighted by Gasteiger charge is -2.61. The maximum absolute atomic E-state index is 11.0. The molecule has 1 aromatic carbocycles. The zero-order valence-electron chi connectivity index (χ0n) is 19.6. The van der Waals surface area contributed by atoms with Gasteiger partial charge in [-0.15, -0.1) is 0 Å². The fourth-order valence-corrected chi connectivity index (χ4v) is 5.28. The zero-order valence-corrected chi connectivity index (χ0v) is 19.6. The summed E-state index contributed by atoms with van der Waals surface area (Å²) in [6.07, 6.45) is 0. The summed E-state index contributed by atoms with van der Waals surface area (Å²) < 4.78 is 8.08. The first-order valence-electron chi connectivity index (χ1n) is 10.6. The van der Waals surface area contributed by atoms with E-state index in [1.807, 2.05) is 29.9 Å². The van der Waals surface area contributed by atoms with Crippen LogP contribution in [0.15, 0.2) is 24.3 Å². The van der Waals surface area contributed by atoms with Gasteiger partial charge in [-0.3, -0.25) is 4.68 Å². The fourth-order valence-electron chi connectivity index (χ4n) is 5.28. The highest BCUT2D eigenvalue weighted by Gasteiger charge is 2.81. The number of rotatable bonds is 2. The molecule has 2 atom stereocenters. The van der Waals surface area contributed by atoms with Gasteiger partial charge in [0.1, 0.15) is 5.75 Å². The van der Waals surface area contributed by atoms with Gasteiger partial charge in [-0.1, -0.05) is 61.5 Å². The molecule has 6 heteroatoms. The Morgan fingerprint density at radius 1 is 1.03 bits per heavy atom. The predicted molar refractivity (Wildman–Crippen MR) is 115 cm³/mol. The fraction of sp³-hybridized carbons (Fsp3) is 0.625. The molecule has 1 N–H and O–H groups in total. The van der Waals surface area contributed by atoms with Crippen LogP contribution in [0, 0.1) is 10.8 Å². The van der Waals surface area contributed by atoms with E-state index in [1.165, 1.54) is 0 Å². The molecule has 1 aromatic heterocycles. The van der Waals surface area contributed by atoms with Gasteiger partial charge in [0.15, 0.2) is 5.60 Å². The van der Waals surface area contributed by atoms with Crippen LogP contribution in [0.25, 0.3) is 11.3 Å². The molecule has 0 amide bonds. The average molecular weight is 415 g/mol. The third-order valence-corrected chi connectivity index (χ3v) is 6.69. The van der Waals surface area contributed by atoms with E-state index < -0.39 is 11.4 Å². The minimum Gasteiger partial charge on any atom is -0.507 e. The Morgan fingerprint density at radius 2 is 1.70 bits per heavy atom. The quantitative estimate of drug-likeness (QED) is 0.697. The minimum atomic E-state index is -1.05. The highest BCUT2D eigenvalue weighted by Crippen LogP contribution is 2.69. The number of fused-ring (bicyclic) bond motifs is 1. The summed E-state index contributed by atoms with van der Waals surface area (Å²) >= 11 is 0. The molecular formula is C24H34N2O4. The lowest BCUT2D eigenvalue weighted by Crippen LogP contribution is -2.73. The summed E-state index contributed by atoms with van der Waals surface area (Å²) in [4.78, 5) is 11.6. The minimum absolute atomic E-state index is 0.0722. The van der Waals surface area contributed by atoms with Gasteiger partial charge < -0.3 is 9.84 Å². The van der Waals surface area contributed by atoms with Gasteiger partial charge in [-0.2, -0.15) is 9.99 Å². The largest absolute Gasteiger partial charge is 0.507 e. The maximum Gasteiger partial charge on any atom is 0.261 e. The van der Waals surface area contributed by atoms with Crippen molar-refractivity contribution in [1.29, 1.82) is 0 Å². The topological polar surface area (TPSA) is 65.7 Å². The number of hydrogen-bond acceptors (Lipinski definition) is 5. The summed E-state index contributed by atoms with van der Waals surface area (Å²) in [5.41, 5.74) is 2.06. The van der Waals surface area contributed by atoms with E-state index in [4.69, 9.17) is 14.5 Å². The molecule has 0 spiro atoms. The number of aryl methyl sites for hydroxylation is 1. The van der Waals surface area contributed by atoms with E-state index in [-0.39, 0.29) is 22.0 Å². The molecule has 0 bridgehead atoms. The molecule has 2 fully saturated rings. The summed E-state index contributed by atoms with van der Waals surface area (Å²) in [7, 11) is 1.90. The Hall–Kier alpha value is -1.89. The zero-order chi connectivity index (χ0) is 22.3. The molecule has 2 aromatic rings. The van der Waals surface area contributed by atoms with Crippen molar-refractivity contribution < 1.29 is 19.6 Å². The van der Waals surface area contributed by atoms with Crippen molar-refractivity contribution in [2.24, 2.45) is 17.9 Å². The lowest BCUT2D eigenvalue weighted by molar-refractivity contribution is -0.626. The molecule has 0 saturated carbocycles. The Labute approximate surface area is 179 Å². The number of aromatic nitrogens is 2. The van der Waals surface area contributed by atoms with E-state index in [0.717, 1.165) is 22.5 Å². The van der Waals surface area contributed by atoms with Crippen LogP contribution in [0.1, 0.15) is 66.6 Å². The van der Waals surface area contributed by atoms with Gasteiger partial charge >= 0.3 is 0 Å². The molecular weight excluding hydrogens is 380 g/mol. The standard InChI is InChI=1S/C24H34N2O4/c1-20(2,3)19-13-17(26(9)25-19)16-11-10-15(12-18(16)27)23-24(30-29-23,21(4,5)6)22(7,8)14-28-23/h10-13,27H,14H2,1-9H3. The third-order valence-electron chi connectivity index (χ3n) is 6.69. The van der Waals surface area contributed by atoms with Crippen LogP contribution < -0.4 is 0 Å².